The fraction of sp³-hybridized carbons (Fsp3) is 0.562. The third-order valence-corrected chi connectivity index (χ3v) is 5.24. The van der Waals surface area contributed by atoms with Crippen molar-refractivity contribution < 1.29 is 4.79 Å². The highest BCUT2D eigenvalue weighted by Gasteiger charge is 2.21. The number of thiophene rings is 1. The number of carbonyl (C=O) groups is 1. The highest BCUT2D eigenvalue weighted by atomic mass is 32.1. The number of rotatable bonds is 5. The fourth-order valence-electron chi connectivity index (χ4n) is 2.94. The molecule has 0 unspecified atom stereocenters. The van der Waals surface area contributed by atoms with Crippen molar-refractivity contribution in [1.29, 1.82) is 0 Å². The van der Waals surface area contributed by atoms with Crippen molar-refractivity contribution in [3.05, 3.63) is 33.0 Å². The van der Waals surface area contributed by atoms with Gasteiger partial charge in [0.1, 0.15) is 5.82 Å². The highest BCUT2D eigenvalue weighted by Crippen LogP contribution is 2.24. The number of hydrogen-bond donors (Lipinski definition) is 0. The van der Waals surface area contributed by atoms with E-state index < -0.39 is 0 Å². The van der Waals surface area contributed by atoms with Gasteiger partial charge in [0.25, 0.3) is 5.91 Å². The predicted octanol–water partition coefficient (Wildman–Crippen LogP) is 2.82. The Morgan fingerprint density at radius 3 is 3.05 bits per heavy atom. The van der Waals surface area contributed by atoms with Gasteiger partial charge >= 0.3 is 0 Å². The molecule has 5 nitrogen and oxygen atoms in total. The van der Waals surface area contributed by atoms with Crippen LogP contribution in [0.3, 0.4) is 0 Å². The summed E-state index contributed by atoms with van der Waals surface area (Å²) in [5.74, 6) is 2.02. The predicted molar refractivity (Wildman–Crippen MR) is 87.2 cm³/mol. The maximum absolute atomic E-state index is 12.6. The Kier molecular flexibility index (Phi) is 4.29. The van der Waals surface area contributed by atoms with Gasteiger partial charge in [0.15, 0.2) is 5.82 Å². The molecule has 0 N–H and O–H groups in total. The molecule has 3 heterocycles. The van der Waals surface area contributed by atoms with Crippen LogP contribution in [0.1, 0.15) is 51.5 Å². The lowest BCUT2D eigenvalue weighted by Gasteiger charge is -2.15. The summed E-state index contributed by atoms with van der Waals surface area (Å²) in [6, 6.07) is 2.05. The minimum Gasteiger partial charge on any atom is -0.333 e. The molecule has 0 saturated heterocycles. The van der Waals surface area contributed by atoms with Gasteiger partial charge in [0.2, 0.25) is 0 Å². The first-order valence-electron chi connectivity index (χ1n) is 7.86. The number of fused-ring (bicyclic) bond motifs is 1. The Bertz CT molecular complexity index is 688. The van der Waals surface area contributed by atoms with Crippen LogP contribution < -0.4 is 0 Å². The lowest BCUT2D eigenvalue weighted by molar-refractivity contribution is 0.0784. The minimum absolute atomic E-state index is 0.0748. The maximum Gasteiger partial charge on any atom is 0.264 e. The Morgan fingerprint density at radius 1 is 1.45 bits per heavy atom. The summed E-state index contributed by atoms with van der Waals surface area (Å²) >= 11 is 1.59. The van der Waals surface area contributed by atoms with Gasteiger partial charge in [-0.1, -0.05) is 13.3 Å². The van der Waals surface area contributed by atoms with Gasteiger partial charge in [-0.3, -0.25) is 4.79 Å². The van der Waals surface area contributed by atoms with Gasteiger partial charge in [0.05, 0.1) is 11.4 Å². The van der Waals surface area contributed by atoms with E-state index in [2.05, 4.69) is 34.7 Å². The lowest BCUT2D eigenvalue weighted by atomic mass is 10.1. The summed E-state index contributed by atoms with van der Waals surface area (Å²) < 4.78 is 2.14. The van der Waals surface area contributed by atoms with E-state index in [0.717, 1.165) is 48.8 Å². The molecule has 22 heavy (non-hydrogen) atoms. The number of hydrogen-bond acceptors (Lipinski definition) is 4. The standard InChI is InChI=1S/C16H22N4OS/c1-4-6-12-9-13(22-11(12)2)16(21)19(3)10-15-18-17-14-7-5-8-20(14)15/h9H,4-8,10H2,1-3H3. The van der Waals surface area contributed by atoms with Crippen LogP contribution >= 0.6 is 11.3 Å². The van der Waals surface area contributed by atoms with Crippen LogP contribution in [0.2, 0.25) is 0 Å². The Hall–Kier alpha value is -1.69. The van der Waals surface area contributed by atoms with Gasteiger partial charge in [-0.15, -0.1) is 21.5 Å². The van der Waals surface area contributed by atoms with Crippen LogP contribution in [-0.2, 0) is 25.9 Å². The van der Waals surface area contributed by atoms with Crippen molar-refractivity contribution in [1.82, 2.24) is 19.7 Å². The van der Waals surface area contributed by atoms with Crippen LogP contribution in [0.25, 0.3) is 0 Å². The SMILES string of the molecule is CCCc1cc(C(=O)N(C)Cc2nnc3n2CCC3)sc1C. The molecule has 6 heteroatoms. The molecular weight excluding hydrogens is 296 g/mol. The highest BCUT2D eigenvalue weighted by molar-refractivity contribution is 7.14. The summed E-state index contributed by atoms with van der Waals surface area (Å²) in [7, 11) is 1.84. The van der Waals surface area contributed by atoms with Gasteiger partial charge in [-0.25, -0.2) is 0 Å². The number of aryl methyl sites for hydroxylation is 3. The molecule has 0 radical (unpaired) electrons. The normalized spacial score (nSPS) is 13.4. The first kappa shape index (κ1) is 15.2. The van der Waals surface area contributed by atoms with Crippen molar-refractivity contribution in [3.8, 4) is 0 Å². The van der Waals surface area contributed by atoms with E-state index in [1.165, 1.54) is 10.4 Å². The summed E-state index contributed by atoms with van der Waals surface area (Å²) in [4.78, 5) is 16.4. The number of amides is 1. The van der Waals surface area contributed by atoms with E-state index in [4.69, 9.17) is 0 Å². The van der Waals surface area contributed by atoms with E-state index in [-0.39, 0.29) is 5.91 Å². The molecule has 1 aliphatic heterocycles. The smallest absolute Gasteiger partial charge is 0.264 e. The third kappa shape index (κ3) is 2.79. The third-order valence-electron chi connectivity index (χ3n) is 4.16. The molecule has 2 aromatic rings. The van der Waals surface area contributed by atoms with Gasteiger partial charge in [0, 0.05) is 24.9 Å². The summed E-state index contributed by atoms with van der Waals surface area (Å²) in [5.41, 5.74) is 1.30. The van der Waals surface area contributed by atoms with Crippen LogP contribution in [0.15, 0.2) is 6.07 Å². The van der Waals surface area contributed by atoms with Crippen LogP contribution in [0, 0.1) is 6.92 Å². The molecule has 0 saturated carbocycles. The monoisotopic (exact) mass is 318 g/mol. The van der Waals surface area contributed by atoms with Gasteiger partial charge in [-0.2, -0.15) is 0 Å². The van der Waals surface area contributed by atoms with E-state index >= 15 is 0 Å². The second kappa shape index (κ2) is 6.20. The van der Waals surface area contributed by atoms with Crippen LogP contribution in [0.4, 0.5) is 0 Å². The summed E-state index contributed by atoms with van der Waals surface area (Å²) in [6.07, 6.45) is 4.26. The second-order valence-electron chi connectivity index (χ2n) is 5.89. The molecule has 3 rings (SSSR count). The van der Waals surface area contributed by atoms with Gasteiger partial charge < -0.3 is 9.47 Å². The molecule has 1 aliphatic rings. The largest absolute Gasteiger partial charge is 0.333 e. The van der Waals surface area contributed by atoms with Crippen molar-refractivity contribution in [2.75, 3.05) is 7.05 Å². The van der Waals surface area contributed by atoms with Crippen molar-refractivity contribution in [2.45, 2.75) is 52.6 Å². The van der Waals surface area contributed by atoms with Gasteiger partial charge in [-0.05, 0) is 31.4 Å². The molecule has 1 amide bonds. The van der Waals surface area contributed by atoms with E-state index in [1.807, 2.05) is 7.05 Å². The molecular formula is C16H22N4OS. The summed E-state index contributed by atoms with van der Waals surface area (Å²) in [5, 5.41) is 8.43. The average molecular weight is 318 g/mol. The first-order valence-corrected chi connectivity index (χ1v) is 8.67. The molecule has 118 valence electrons. The Balaban J connectivity index is 1.72. The number of aromatic nitrogens is 3. The molecule has 0 aliphatic carbocycles. The average Bonchev–Trinajstić information content (AvgIpc) is 3.17. The first-order chi connectivity index (χ1) is 10.6. The molecule has 0 fully saturated rings. The molecule has 0 atom stereocenters. The molecule has 0 spiro atoms. The Morgan fingerprint density at radius 2 is 2.27 bits per heavy atom. The summed E-state index contributed by atoms with van der Waals surface area (Å²) in [6.45, 7) is 5.75. The zero-order chi connectivity index (χ0) is 15.7. The molecule has 0 aromatic carbocycles. The quantitative estimate of drug-likeness (QED) is 0.852. The maximum atomic E-state index is 12.6. The zero-order valence-electron chi connectivity index (χ0n) is 13.4. The van der Waals surface area contributed by atoms with Crippen LogP contribution in [0.5, 0.6) is 0 Å². The van der Waals surface area contributed by atoms with E-state index in [1.54, 1.807) is 16.2 Å². The molecule has 0 bridgehead atoms. The van der Waals surface area contributed by atoms with E-state index in [9.17, 15) is 4.79 Å². The second-order valence-corrected chi connectivity index (χ2v) is 7.15. The number of carbonyl (C=O) groups excluding carboxylic acids is 1. The Labute approximate surface area is 135 Å². The van der Waals surface area contributed by atoms with Crippen molar-refractivity contribution in [2.24, 2.45) is 0 Å². The lowest BCUT2D eigenvalue weighted by Crippen LogP contribution is -2.27. The zero-order valence-corrected chi connectivity index (χ0v) is 14.2. The van der Waals surface area contributed by atoms with Crippen molar-refractivity contribution >= 4 is 17.2 Å². The molecule has 2 aromatic heterocycles. The number of nitrogens with zero attached hydrogens (tertiary/aromatic N) is 4. The van der Waals surface area contributed by atoms with Crippen LogP contribution in [-0.4, -0.2) is 32.6 Å². The minimum atomic E-state index is 0.0748. The van der Waals surface area contributed by atoms with E-state index in [0.29, 0.717) is 6.54 Å². The topological polar surface area (TPSA) is 51.0 Å². The fourth-order valence-corrected chi connectivity index (χ4v) is 4.01. The van der Waals surface area contributed by atoms with Crippen molar-refractivity contribution in [3.63, 3.8) is 0 Å².